The van der Waals surface area contributed by atoms with Crippen LogP contribution in [0.25, 0.3) is 0 Å². The van der Waals surface area contributed by atoms with E-state index in [9.17, 15) is 4.79 Å². The first-order valence-electron chi connectivity index (χ1n) is 8.91. The lowest BCUT2D eigenvalue weighted by Gasteiger charge is -2.58. The van der Waals surface area contributed by atoms with E-state index in [0.717, 1.165) is 29.3 Å². The molecule has 4 bridgehead atoms. The van der Waals surface area contributed by atoms with E-state index >= 15 is 0 Å². The fourth-order valence-corrected chi connectivity index (χ4v) is 7.21. The van der Waals surface area contributed by atoms with Gasteiger partial charge >= 0.3 is 0 Å². The number of ether oxygens (including phenoxy) is 1. The molecule has 1 unspecified atom stereocenters. The Morgan fingerprint density at radius 1 is 1.17 bits per heavy atom. The smallest absolute Gasteiger partial charge is 0.133 e. The predicted molar refractivity (Wildman–Crippen MR) is 94.7 cm³/mol. The SMILES string of the molecule is COc1ccccc1CSC(C=O)C12CC3CC(CC(C3)C1)C2. The van der Waals surface area contributed by atoms with E-state index < -0.39 is 0 Å². The van der Waals surface area contributed by atoms with Gasteiger partial charge in [-0.1, -0.05) is 18.2 Å². The maximum absolute atomic E-state index is 11.9. The van der Waals surface area contributed by atoms with Gasteiger partial charge in [-0.25, -0.2) is 0 Å². The summed E-state index contributed by atoms with van der Waals surface area (Å²) in [7, 11) is 1.72. The molecule has 2 nitrogen and oxygen atoms in total. The van der Waals surface area contributed by atoms with Crippen molar-refractivity contribution in [2.75, 3.05) is 7.11 Å². The number of hydrogen-bond acceptors (Lipinski definition) is 3. The van der Waals surface area contributed by atoms with E-state index in [1.165, 1.54) is 50.4 Å². The van der Waals surface area contributed by atoms with E-state index in [-0.39, 0.29) is 5.25 Å². The zero-order valence-corrected chi connectivity index (χ0v) is 14.7. The standard InChI is InChI=1S/C20H26O2S/c1-22-18-5-3-2-4-17(18)13-23-19(12-21)20-9-14-6-15(10-20)8-16(7-14)11-20/h2-5,12,14-16,19H,6-11,13H2,1H3. The van der Waals surface area contributed by atoms with Gasteiger partial charge < -0.3 is 9.53 Å². The average molecular weight is 330 g/mol. The molecule has 4 aliphatic rings. The number of carbonyl (C=O) groups excluding carboxylic acids is 1. The molecule has 0 aromatic heterocycles. The second-order valence-electron chi connectivity index (χ2n) is 7.96. The molecule has 4 saturated carbocycles. The molecule has 4 aliphatic carbocycles. The first kappa shape index (κ1) is 15.6. The molecule has 4 fully saturated rings. The van der Waals surface area contributed by atoms with Gasteiger partial charge in [-0.15, -0.1) is 11.8 Å². The number of aldehydes is 1. The molecule has 5 rings (SSSR count). The molecule has 0 heterocycles. The van der Waals surface area contributed by atoms with Crippen molar-refractivity contribution in [1.29, 1.82) is 0 Å². The second kappa shape index (κ2) is 6.16. The average Bonchev–Trinajstić information content (AvgIpc) is 2.54. The highest BCUT2D eigenvalue weighted by molar-refractivity contribution is 7.99. The van der Waals surface area contributed by atoms with Gasteiger partial charge in [-0.3, -0.25) is 0 Å². The van der Waals surface area contributed by atoms with Crippen molar-refractivity contribution in [3.05, 3.63) is 29.8 Å². The number of hydrogen-bond donors (Lipinski definition) is 0. The van der Waals surface area contributed by atoms with Crippen LogP contribution in [0.5, 0.6) is 5.75 Å². The summed E-state index contributed by atoms with van der Waals surface area (Å²) < 4.78 is 5.46. The Kier molecular flexibility index (Phi) is 4.17. The first-order chi connectivity index (χ1) is 11.2. The molecular weight excluding hydrogens is 304 g/mol. The first-order valence-corrected chi connectivity index (χ1v) is 9.96. The van der Waals surface area contributed by atoms with Crippen molar-refractivity contribution < 1.29 is 9.53 Å². The molecule has 23 heavy (non-hydrogen) atoms. The summed E-state index contributed by atoms with van der Waals surface area (Å²) in [5, 5.41) is 0.154. The number of benzene rings is 1. The van der Waals surface area contributed by atoms with E-state index in [0.29, 0.717) is 5.41 Å². The van der Waals surface area contributed by atoms with Crippen LogP contribution in [-0.2, 0) is 10.5 Å². The van der Waals surface area contributed by atoms with Crippen LogP contribution in [0.15, 0.2) is 24.3 Å². The molecule has 0 radical (unpaired) electrons. The molecule has 1 aromatic rings. The molecule has 124 valence electrons. The Bertz CT molecular complexity index is 547. The van der Waals surface area contributed by atoms with E-state index in [4.69, 9.17) is 4.74 Å². The van der Waals surface area contributed by atoms with Crippen LogP contribution in [0.2, 0.25) is 0 Å². The number of methoxy groups -OCH3 is 1. The zero-order valence-electron chi connectivity index (χ0n) is 13.9. The molecule has 0 saturated heterocycles. The molecule has 1 atom stereocenters. The largest absolute Gasteiger partial charge is 0.496 e. The minimum Gasteiger partial charge on any atom is -0.496 e. The van der Waals surface area contributed by atoms with Crippen molar-refractivity contribution in [3.63, 3.8) is 0 Å². The van der Waals surface area contributed by atoms with Gasteiger partial charge in [-0.2, -0.15) is 0 Å². The highest BCUT2D eigenvalue weighted by Crippen LogP contribution is 2.62. The number of rotatable bonds is 6. The summed E-state index contributed by atoms with van der Waals surface area (Å²) in [5.74, 6) is 4.51. The lowest BCUT2D eigenvalue weighted by Crippen LogP contribution is -2.51. The van der Waals surface area contributed by atoms with Gasteiger partial charge in [0.1, 0.15) is 12.0 Å². The van der Waals surface area contributed by atoms with Crippen molar-refractivity contribution in [1.82, 2.24) is 0 Å². The van der Waals surface area contributed by atoms with Gasteiger partial charge in [0, 0.05) is 11.3 Å². The third-order valence-corrected chi connectivity index (χ3v) is 7.87. The summed E-state index contributed by atoms with van der Waals surface area (Å²) >= 11 is 1.84. The quantitative estimate of drug-likeness (QED) is 0.707. The second-order valence-corrected chi connectivity index (χ2v) is 9.09. The fraction of sp³-hybridized carbons (Fsp3) is 0.650. The minimum absolute atomic E-state index is 0.154. The Labute approximate surface area is 143 Å². The third-order valence-electron chi connectivity index (χ3n) is 6.42. The molecular formula is C20H26O2S. The summed E-state index contributed by atoms with van der Waals surface area (Å²) in [4.78, 5) is 11.9. The minimum atomic E-state index is 0.154. The number of carbonyl (C=O) groups is 1. The van der Waals surface area contributed by atoms with Gasteiger partial charge in [-0.05, 0) is 67.8 Å². The highest BCUT2D eigenvalue weighted by atomic mass is 32.2. The maximum Gasteiger partial charge on any atom is 0.133 e. The van der Waals surface area contributed by atoms with Crippen LogP contribution < -0.4 is 4.74 Å². The Balaban J connectivity index is 1.50. The Hall–Kier alpha value is -0.960. The van der Waals surface area contributed by atoms with Crippen molar-refractivity contribution in [2.45, 2.75) is 49.5 Å². The van der Waals surface area contributed by atoms with Crippen molar-refractivity contribution >= 4 is 18.0 Å². The molecule has 0 amide bonds. The summed E-state index contributed by atoms with van der Waals surface area (Å²) in [6.07, 6.45) is 9.43. The van der Waals surface area contributed by atoms with Crippen molar-refractivity contribution in [3.8, 4) is 5.75 Å². The summed E-state index contributed by atoms with van der Waals surface area (Å²) in [6, 6.07) is 8.19. The fourth-order valence-electron chi connectivity index (χ4n) is 5.89. The molecule has 1 aromatic carbocycles. The van der Waals surface area contributed by atoms with E-state index in [1.54, 1.807) is 7.11 Å². The van der Waals surface area contributed by atoms with Gasteiger partial charge in [0.15, 0.2) is 0 Å². The topological polar surface area (TPSA) is 26.3 Å². The normalized spacial score (nSPS) is 36.0. The van der Waals surface area contributed by atoms with Crippen LogP contribution in [0, 0.1) is 23.2 Å². The number of para-hydroxylation sites is 1. The zero-order chi connectivity index (χ0) is 15.9. The van der Waals surface area contributed by atoms with Crippen molar-refractivity contribution in [2.24, 2.45) is 23.2 Å². The van der Waals surface area contributed by atoms with E-state index in [2.05, 4.69) is 12.1 Å². The summed E-state index contributed by atoms with van der Waals surface area (Å²) in [5.41, 5.74) is 1.50. The molecule has 0 spiro atoms. The lowest BCUT2D eigenvalue weighted by atomic mass is 9.49. The van der Waals surface area contributed by atoms with Gasteiger partial charge in [0.25, 0.3) is 0 Å². The monoisotopic (exact) mass is 330 g/mol. The van der Waals surface area contributed by atoms with Gasteiger partial charge in [0.2, 0.25) is 0 Å². The van der Waals surface area contributed by atoms with Crippen LogP contribution >= 0.6 is 11.8 Å². The summed E-state index contributed by atoms with van der Waals surface area (Å²) in [6.45, 7) is 0. The third kappa shape index (κ3) is 2.82. The lowest BCUT2D eigenvalue weighted by molar-refractivity contribution is -0.114. The van der Waals surface area contributed by atoms with Crippen LogP contribution in [0.1, 0.15) is 44.1 Å². The maximum atomic E-state index is 11.9. The van der Waals surface area contributed by atoms with Gasteiger partial charge in [0.05, 0.1) is 12.4 Å². The highest BCUT2D eigenvalue weighted by Gasteiger charge is 2.54. The Morgan fingerprint density at radius 3 is 2.35 bits per heavy atom. The predicted octanol–water partition coefficient (Wildman–Crippen LogP) is 4.71. The molecule has 3 heteroatoms. The molecule has 0 aliphatic heterocycles. The van der Waals surface area contributed by atoms with Crippen LogP contribution in [-0.4, -0.2) is 18.6 Å². The van der Waals surface area contributed by atoms with E-state index in [1.807, 2.05) is 23.9 Å². The number of thioether (sulfide) groups is 1. The van der Waals surface area contributed by atoms with Crippen LogP contribution in [0.3, 0.4) is 0 Å². The Morgan fingerprint density at radius 2 is 1.78 bits per heavy atom. The van der Waals surface area contributed by atoms with Crippen LogP contribution in [0.4, 0.5) is 0 Å². The molecule has 0 N–H and O–H groups in total.